The van der Waals surface area contributed by atoms with Crippen molar-refractivity contribution in [2.45, 2.75) is 64.3 Å². The molecule has 120 valence electrons. The van der Waals surface area contributed by atoms with Gasteiger partial charge in [0.2, 0.25) is 11.7 Å². The van der Waals surface area contributed by atoms with Gasteiger partial charge in [-0.3, -0.25) is 4.79 Å². The molecule has 0 radical (unpaired) electrons. The quantitative estimate of drug-likeness (QED) is 0.591. The van der Waals surface area contributed by atoms with Gasteiger partial charge in [-0.05, 0) is 39.7 Å². The Morgan fingerprint density at radius 1 is 1.14 bits per heavy atom. The van der Waals surface area contributed by atoms with Crippen molar-refractivity contribution in [1.82, 2.24) is 4.90 Å². The summed E-state index contributed by atoms with van der Waals surface area (Å²) in [4.78, 5) is 24.9. The Morgan fingerprint density at radius 3 is 2.33 bits per heavy atom. The molecular formula is C16H27NO4. The van der Waals surface area contributed by atoms with E-state index in [2.05, 4.69) is 0 Å². The fourth-order valence-corrected chi connectivity index (χ4v) is 2.78. The third kappa shape index (κ3) is 4.05. The Hall–Kier alpha value is -0.910. The Morgan fingerprint density at radius 2 is 1.81 bits per heavy atom. The highest BCUT2D eigenvalue weighted by molar-refractivity contribution is 5.87. The van der Waals surface area contributed by atoms with E-state index in [9.17, 15) is 4.79 Å². The minimum atomic E-state index is -0.703. The number of hydrogen-bond donors (Lipinski definition) is 0. The van der Waals surface area contributed by atoms with Crippen LogP contribution in [0.1, 0.15) is 52.9 Å². The molecule has 2 aliphatic rings. The molecule has 0 aromatic carbocycles. The van der Waals surface area contributed by atoms with Crippen molar-refractivity contribution in [3.8, 4) is 0 Å². The van der Waals surface area contributed by atoms with Gasteiger partial charge in [0.1, 0.15) is 5.60 Å². The van der Waals surface area contributed by atoms with Gasteiger partial charge in [0.25, 0.3) is 0 Å². The summed E-state index contributed by atoms with van der Waals surface area (Å²) in [6, 6.07) is 0. The monoisotopic (exact) mass is 297 g/mol. The molecule has 1 unspecified atom stereocenters. The number of carbonyl (C=O) groups is 1. The summed E-state index contributed by atoms with van der Waals surface area (Å²) < 4.78 is 5.94. The zero-order valence-electron chi connectivity index (χ0n) is 13.4. The van der Waals surface area contributed by atoms with E-state index < -0.39 is 11.4 Å². The van der Waals surface area contributed by atoms with Crippen LogP contribution in [0.5, 0.6) is 0 Å². The maximum Gasteiger partial charge on any atom is 0.246 e. The minimum absolute atomic E-state index is 0.0113. The van der Waals surface area contributed by atoms with Crippen LogP contribution in [0.25, 0.3) is 0 Å². The lowest BCUT2D eigenvalue weighted by Gasteiger charge is -2.43. The summed E-state index contributed by atoms with van der Waals surface area (Å²) in [7, 11) is 0. The van der Waals surface area contributed by atoms with Crippen molar-refractivity contribution in [2.75, 3.05) is 19.7 Å². The van der Waals surface area contributed by atoms with Crippen LogP contribution < -0.4 is 0 Å². The third-order valence-corrected chi connectivity index (χ3v) is 4.27. The van der Waals surface area contributed by atoms with Gasteiger partial charge in [-0.1, -0.05) is 6.42 Å². The number of carbonyl (C=O) groups excluding carboxylic acids is 1. The zero-order valence-corrected chi connectivity index (χ0v) is 13.4. The van der Waals surface area contributed by atoms with Gasteiger partial charge < -0.3 is 9.64 Å². The molecule has 1 atom stereocenters. The van der Waals surface area contributed by atoms with Crippen LogP contribution in [0, 0.1) is 0 Å². The summed E-state index contributed by atoms with van der Waals surface area (Å²) in [6.07, 6.45) is 8.50. The second kappa shape index (κ2) is 6.90. The van der Waals surface area contributed by atoms with Gasteiger partial charge in [-0.2, -0.15) is 0 Å². The normalized spacial score (nSPS) is 28.9. The molecule has 1 heterocycles. The summed E-state index contributed by atoms with van der Waals surface area (Å²) in [5.41, 5.74) is -0.703. The summed E-state index contributed by atoms with van der Waals surface area (Å²) in [6.45, 7) is 7.62. The Bertz CT molecular complexity index is 374. The molecule has 0 bridgehead atoms. The second-order valence-corrected chi connectivity index (χ2v) is 6.08. The molecule has 1 aliphatic carbocycles. The van der Waals surface area contributed by atoms with E-state index in [0.29, 0.717) is 19.7 Å². The van der Waals surface area contributed by atoms with Gasteiger partial charge in [0.15, 0.2) is 0 Å². The Balaban J connectivity index is 1.91. The van der Waals surface area contributed by atoms with Crippen molar-refractivity contribution in [3.05, 3.63) is 12.2 Å². The van der Waals surface area contributed by atoms with Crippen LogP contribution in [0.15, 0.2) is 12.2 Å². The van der Waals surface area contributed by atoms with Crippen LogP contribution >= 0.6 is 0 Å². The molecule has 0 N–H and O–H groups in total. The average molecular weight is 297 g/mol. The molecule has 21 heavy (non-hydrogen) atoms. The number of nitrogens with zero attached hydrogens (tertiary/aromatic N) is 1. The van der Waals surface area contributed by atoms with Crippen molar-refractivity contribution in [1.29, 1.82) is 0 Å². The van der Waals surface area contributed by atoms with E-state index in [4.69, 9.17) is 14.5 Å². The standard InChI is InChI=1S/C16H27NO4/c1-4-17(5-2)14(18)9-12-15(3)13-19-16(21-20-15)10-7-6-8-11-16/h9,12H,4-8,10-11,13H2,1-3H3/b12-9+. The van der Waals surface area contributed by atoms with Gasteiger partial charge in [0.05, 0.1) is 6.61 Å². The van der Waals surface area contributed by atoms with Crippen molar-refractivity contribution < 1.29 is 19.3 Å². The first-order valence-electron chi connectivity index (χ1n) is 8.01. The highest BCUT2D eigenvalue weighted by Gasteiger charge is 2.44. The first kappa shape index (κ1) is 16.5. The minimum Gasteiger partial charge on any atom is -0.344 e. The lowest BCUT2D eigenvalue weighted by atomic mass is 9.93. The molecule has 2 fully saturated rings. The molecule has 1 saturated carbocycles. The molecular weight excluding hydrogens is 270 g/mol. The van der Waals surface area contributed by atoms with Crippen LogP contribution in [0.2, 0.25) is 0 Å². The molecule has 0 aromatic heterocycles. The predicted molar refractivity (Wildman–Crippen MR) is 79.4 cm³/mol. The molecule has 1 amide bonds. The lowest BCUT2D eigenvalue weighted by molar-refractivity contribution is -0.505. The predicted octanol–water partition coefficient (Wildman–Crippen LogP) is 2.81. The number of amides is 1. The third-order valence-electron chi connectivity index (χ3n) is 4.27. The number of ether oxygens (including phenoxy) is 1. The summed E-state index contributed by atoms with van der Waals surface area (Å²) in [5, 5.41) is 0. The van der Waals surface area contributed by atoms with Crippen molar-refractivity contribution >= 4 is 5.91 Å². The SMILES string of the molecule is CCN(CC)C(=O)/C=C/C1(C)COC2(CCCCC2)OO1. The van der Waals surface area contributed by atoms with Gasteiger partial charge >= 0.3 is 0 Å². The van der Waals surface area contributed by atoms with Crippen molar-refractivity contribution in [2.24, 2.45) is 0 Å². The van der Waals surface area contributed by atoms with Crippen LogP contribution in [0.4, 0.5) is 0 Å². The van der Waals surface area contributed by atoms with Crippen LogP contribution in [-0.2, 0) is 19.3 Å². The van der Waals surface area contributed by atoms with E-state index in [1.165, 1.54) is 6.42 Å². The topological polar surface area (TPSA) is 48.0 Å². The Kier molecular flexibility index (Phi) is 5.41. The fraction of sp³-hybridized carbons (Fsp3) is 0.812. The van der Waals surface area contributed by atoms with E-state index >= 15 is 0 Å². The molecule has 2 rings (SSSR count). The van der Waals surface area contributed by atoms with Gasteiger partial charge in [-0.25, -0.2) is 9.78 Å². The van der Waals surface area contributed by atoms with Gasteiger partial charge in [0, 0.05) is 32.0 Å². The number of rotatable bonds is 4. The fourth-order valence-electron chi connectivity index (χ4n) is 2.78. The number of hydrogen-bond acceptors (Lipinski definition) is 4. The maximum absolute atomic E-state index is 12.0. The molecule has 5 nitrogen and oxygen atoms in total. The van der Waals surface area contributed by atoms with E-state index in [1.54, 1.807) is 17.1 Å². The molecule has 1 saturated heterocycles. The molecule has 5 heteroatoms. The van der Waals surface area contributed by atoms with E-state index in [0.717, 1.165) is 25.7 Å². The molecule has 1 aliphatic heterocycles. The van der Waals surface area contributed by atoms with Gasteiger partial charge in [-0.15, -0.1) is 0 Å². The lowest BCUT2D eigenvalue weighted by Crippen LogP contribution is -2.50. The van der Waals surface area contributed by atoms with E-state index in [1.807, 2.05) is 20.8 Å². The molecule has 0 aromatic rings. The first-order valence-corrected chi connectivity index (χ1v) is 8.01. The number of likely N-dealkylation sites (N-methyl/N-ethyl adjacent to an activating group) is 1. The average Bonchev–Trinajstić information content (AvgIpc) is 2.51. The zero-order chi connectivity index (χ0) is 15.3. The first-order chi connectivity index (χ1) is 10.0. The largest absolute Gasteiger partial charge is 0.344 e. The summed E-state index contributed by atoms with van der Waals surface area (Å²) in [5.74, 6) is -0.572. The highest BCUT2D eigenvalue weighted by atomic mass is 17.2. The second-order valence-electron chi connectivity index (χ2n) is 6.08. The maximum atomic E-state index is 12.0. The van der Waals surface area contributed by atoms with E-state index in [-0.39, 0.29) is 5.91 Å². The Labute approximate surface area is 127 Å². The van der Waals surface area contributed by atoms with Crippen LogP contribution in [-0.4, -0.2) is 41.9 Å². The molecule has 1 spiro atoms. The van der Waals surface area contributed by atoms with Crippen LogP contribution in [0.3, 0.4) is 0 Å². The smallest absolute Gasteiger partial charge is 0.246 e. The highest BCUT2D eigenvalue weighted by Crippen LogP contribution is 2.38. The van der Waals surface area contributed by atoms with Crippen molar-refractivity contribution in [3.63, 3.8) is 0 Å². The summed E-state index contributed by atoms with van der Waals surface area (Å²) >= 11 is 0.